The van der Waals surface area contributed by atoms with Gasteiger partial charge in [-0.05, 0) is 44.1 Å². The second-order valence-corrected chi connectivity index (χ2v) is 7.25. The van der Waals surface area contributed by atoms with Crippen molar-refractivity contribution in [1.29, 1.82) is 0 Å². The number of amides is 1. The number of para-hydroxylation sites is 1. The predicted molar refractivity (Wildman–Crippen MR) is 102 cm³/mol. The van der Waals surface area contributed by atoms with Crippen molar-refractivity contribution < 1.29 is 4.79 Å². The van der Waals surface area contributed by atoms with Gasteiger partial charge >= 0.3 is 0 Å². The maximum atomic E-state index is 12.2. The molecule has 1 amide bonds. The van der Waals surface area contributed by atoms with Crippen molar-refractivity contribution in [3.8, 4) is 0 Å². The lowest BCUT2D eigenvalue weighted by Gasteiger charge is -2.29. The van der Waals surface area contributed by atoms with Crippen molar-refractivity contribution in [2.45, 2.75) is 24.3 Å². The Kier molecular flexibility index (Phi) is 5.94. The molecule has 3 rings (SSSR count). The summed E-state index contributed by atoms with van der Waals surface area (Å²) in [5.74, 6) is 0.793. The van der Waals surface area contributed by atoms with Crippen LogP contribution in [0.15, 0.2) is 59.5 Å². The van der Waals surface area contributed by atoms with E-state index in [1.165, 1.54) is 10.5 Å². The van der Waals surface area contributed by atoms with Crippen LogP contribution in [0.25, 0.3) is 0 Å². The van der Waals surface area contributed by atoms with Crippen molar-refractivity contribution in [3.05, 3.63) is 60.2 Å². The van der Waals surface area contributed by atoms with Gasteiger partial charge in [-0.3, -0.25) is 4.79 Å². The molecule has 1 aliphatic heterocycles. The summed E-state index contributed by atoms with van der Waals surface area (Å²) in [7, 11) is 2.16. The first-order valence-corrected chi connectivity index (χ1v) is 9.47. The van der Waals surface area contributed by atoms with Crippen molar-refractivity contribution in [2.24, 2.45) is 0 Å². The fourth-order valence-electron chi connectivity index (χ4n) is 3.02. The molecule has 3 nitrogen and oxygen atoms in total. The molecule has 0 unspecified atom stereocenters. The molecule has 0 aromatic heterocycles. The fraction of sp³-hybridized carbons (Fsp3) is 0.350. The number of benzene rings is 2. The van der Waals surface area contributed by atoms with Crippen molar-refractivity contribution in [3.63, 3.8) is 0 Å². The average molecular weight is 340 g/mol. The normalized spacial score (nSPS) is 14.1. The number of fused-ring (bicyclic) bond motifs is 1. The van der Waals surface area contributed by atoms with Crippen LogP contribution in [0, 0.1) is 0 Å². The van der Waals surface area contributed by atoms with E-state index in [0.717, 1.165) is 38.2 Å². The van der Waals surface area contributed by atoms with Crippen molar-refractivity contribution in [2.75, 3.05) is 30.8 Å². The summed E-state index contributed by atoms with van der Waals surface area (Å²) in [6, 6.07) is 18.8. The second kappa shape index (κ2) is 8.36. The molecular formula is C20H24N2OS. The van der Waals surface area contributed by atoms with Crippen molar-refractivity contribution in [1.82, 2.24) is 4.90 Å². The third kappa shape index (κ3) is 4.40. The Balaban J connectivity index is 1.46. The first-order valence-electron chi connectivity index (χ1n) is 8.49. The number of unbranched alkanes of at least 4 members (excludes halogenated alkanes) is 1. The van der Waals surface area contributed by atoms with E-state index < -0.39 is 0 Å². The Morgan fingerprint density at radius 1 is 1.04 bits per heavy atom. The molecule has 2 aromatic rings. The Hall–Kier alpha value is -1.78. The van der Waals surface area contributed by atoms with Crippen LogP contribution < -0.4 is 4.90 Å². The summed E-state index contributed by atoms with van der Waals surface area (Å²) in [6.07, 6.45) is 2.13. The van der Waals surface area contributed by atoms with Gasteiger partial charge in [-0.2, -0.15) is 0 Å². The van der Waals surface area contributed by atoms with Crippen LogP contribution in [-0.2, 0) is 11.3 Å². The van der Waals surface area contributed by atoms with Crippen LogP contribution >= 0.6 is 11.8 Å². The molecule has 0 spiro atoms. The number of hydrogen-bond acceptors (Lipinski definition) is 3. The average Bonchev–Trinajstić information content (AvgIpc) is 2.61. The Labute approximate surface area is 148 Å². The zero-order chi connectivity index (χ0) is 16.8. The van der Waals surface area contributed by atoms with E-state index in [1.807, 2.05) is 17.0 Å². The maximum absolute atomic E-state index is 12.2. The molecule has 0 atom stereocenters. The van der Waals surface area contributed by atoms with Gasteiger partial charge < -0.3 is 9.80 Å². The number of rotatable bonds is 7. The highest BCUT2D eigenvalue weighted by molar-refractivity contribution is 8.00. The lowest BCUT2D eigenvalue weighted by atomic mass is 10.2. The molecule has 126 valence electrons. The van der Waals surface area contributed by atoms with E-state index in [4.69, 9.17) is 0 Å². The highest BCUT2D eigenvalue weighted by Gasteiger charge is 2.23. The highest BCUT2D eigenvalue weighted by Crippen LogP contribution is 2.34. The third-order valence-corrected chi connectivity index (χ3v) is 5.32. The van der Waals surface area contributed by atoms with E-state index in [1.54, 1.807) is 11.8 Å². The molecule has 0 bridgehead atoms. The Bertz CT molecular complexity index is 674. The van der Waals surface area contributed by atoms with Gasteiger partial charge in [0.1, 0.15) is 0 Å². The van der Waals surface area contributed by atoms with Gasteiger partial charge in [-0.1, -0.05) is 42.5 Å². The molecule has 24 heavy (non-hydrogen) atoms. The minimum atomic E-state index is 0.233. The lowest BCUT2D eigenvalue weighted by Crippen LogP contribution is -2.36. The maximum Gasteiger partial charge on any atom is 0.237 e. The van der Waals surface area contributed by atoms with Gasteiger partial charge in [0, 0.05) is 18.0 Å². The summed E-state index contributed by atoms with van der Waals surface area (Å²) in [6.45, 7) is 2.84. The molecule has 1 heterocycles. The number of anilines is 1. The van der Waals surface area contributed by atoms with Gasteiger partial charge in [-0.15, -0.1) is 11.8 Å². The minimum absolute atomic E-state index is 0.233. The van der Waals surface area contributed by atoms with Crippen LogP contribution in [0.5, 0.6) is 0 Å². The zero-order valence-electron chi connectivity index (χ0n) is 14.1. The van der Waals surface area contributed by atoms with Gasteiger partial charge in [0.25, 0.3) is 0 Å². The van der Waals surface area contributed by atoms with Crippen molar-refractivity contribution >= 4 is 23.4 Å². The molecule has 1 aliphatic rings. The standard InChI is InChI=1S/C20H24N2OS/c1-21(15-17-9-3-2-4-10-17)13-7-8-14-22-18-11-5-6-12-19(18)24-16-20(22)23/h2-6,9-12H,7-8,13-16H2,1H3. The molecule has 4 heteroatoms. The lowest BCUT2D eigenvalue weighted by molar-refractivity contribution is -0.116. The van der Waals surface area contributed by atoms with E-state index in [-0.39, 0.29) is 5.91 Å². The molecule has 0 N–H and O–H groups in total. The first-order chi connectivity index (χ1) is 11.7. The first kappa shape index (κ1) is 17.1. The SMILES string of the molecule is CN(CCCCN1C(=O)CSc2ccccc21)Cc1ccccc1. The number of nitrogens with zero attached hydrogens (tertiary/aromatic N) is 2. The number of carbonyl (C=O) groups is 1. The Morgan fingerprint density at radius 3 is 2.62 bits per heavy atom. The van der Waals surface area contributed by atoms with E-state index >= 15 is 0 Å². The molecule has 0 fully saturated rings. The predicted octanol–water partition coefficient (Wildman–Crippen LogP) is 4.04. The Morgan fingerprint density at radius 2 is 1.79 bits per heavy atom. The zero-order valence-corrected chi connectivity index (χ0v) is 15.0. The molecule has 0 aliphatic carbocycles. The van der Waals surface area contributed by atoms with E-state index in [9.17, 15) is 4.79 Å². The van der Waals surface area contributed by atoms with Gasteiger partial charge in [0.15, 0.2) is 0 Å². The summed E-state index contributed by atoms with van der Waals surface area (Å²) in [5, 5.41) is 0. The second-order valence-electron chi connectivity index (χ2n) is 6.23. The summed E-state index contributed by atoms with van der Waals surface area (Å²) < 4.78 is 0. The summed E-state index contributed by atoms with van der Waals surface area (Å²) >= 11 is 1.65. The van der Waals surface area contributed by atoms with E-state index in [2.05, 4.69) is 54.4 Å². The molecular weight excluding hydrogens is 316 g/mol. The summed E-state index contributed by atoms with van der Waals surface area (Å²) in [5.41, 5.74) is 2.42. The van der Waals surface area contributed by atoms with Crippen LogP contribution in [0.4, 0.5) is 5.69 Å². The molecule has 0 saturated carbocycles. The number of carbonyl (C=O) groups excluding carboxylic acids is 1. The highest BCUT2D eigenvalue weighted by atomic mass is 32.2. The van der Waals surface area contributed by atoms with Gasteiger partial charge in [-0.25, -0.2) is 0 Å². The van der Waals surface area contributed by atoms with E-state index in [0.29, 0.717) is 5.75 Å². The topological polar surface area (TPSA) is 23.6 Å². The third-order valence-electron chi connectivity index (χ3n) is 4.28. The van der Waals surface area contributed by atoms with Crippen LogP contribution in [0.2, 0.25) is 0 Å². The monoisotopic (exact) mass is 340 g/mol. The minimum Gasteiger partial charge on any atom is -0.311 e. The smallest absolute Gasteiger partial charge is 0.237 e. The molecule has 2 aromatic carbocycles. The number of hydrogen-bond donors (Lipinski definition) is 0. The molecule has 0 saturated heterocycles. The number of thioether (sulfide) groups is 1. The fourth-order valence-corrected chi connectivity index (χ4v) is 3.96. The van der Waals surface area contributed by atoms with Crippen LogP contribution in [0.1, 0.15) is 18.4 Å². The largest absolute Gasteiger partial charge is 0.311 e. The quantitative estimate of drug-likeness (QED) is 0.711. The molecule has 0 radical (unpaired) electrons. The van der Waals surface area contributed by atoms with Crippen LogP contribution in [0.3, 0.4) is 0 Å². The summed E-state index contributed by atoms with van der Waals surface area (Å²) in [4.78, 5) is 17.7. The van der Waals surface area contributed by atoms with Gasteiger partial charge in [0.05, 0.1) is 11.4 Å². The van der Waals surface area contributed by atoms with Gasteiger partial charge in [0.2, 0.25) is 5.91 Å². The van der Waals surface area contributed by atoms with Crippen LogP contribution in [-0.4, -0.2) is 36.7 Å².